The van der Waals surface area contributed by atoms with E-state index in [9.17, 15) is 29.1 Å². The summed E-state index contributed by atoms with van der Waals surface area (Å²) < 4.78 is 0. The molecule has 0 aliphatic carbocycles. The monoisotopic (exact) mass is 532 g/mol. The second kappa shape index (κ2) is 14.5. The molecule has 0 saturated carbocycles. The van der Waals surface area contributed by atoms with Crippen molar-refractivity contribution < 1.29 is 29.1 Å². The lowest BCUT2D eigenvalue weighted by atomic mass is 10.0. The molecule has 1 aliphatic heterocycles. The minimum atomic E-state index is -1.52. The Bertz CT molecular complexity index is 1030. The number of nitrogens with zero attached hydrogens (tertiary/aromatic N) is 2. The molecule has 1 heterocycles. The Labute approximate surface area is 220 Å². The number of nitrogens with two attached hydrogens (primary N) is 4. The zero-order valence-corrected chi connectivity index (χ0v) is 21.0. The van der Waals surface area contributed by atoms with Gasteiger partial charge in [0.15, 0.2) is 5.96 Å². The van der Waals surface area contributed by atoms with E-state index in [4.69, 9.17) is 22.9 Å². The Hall–Kier alpha value is -4.20. The molecule has 1 fully saturated rings. The van der Waals surface area contributed by atoms with E-state index in [0.717, 1.165) is 5.56 Å². The first-order chi connectivity index (χ1) is 18.0. The molecular formula is C24H36N8O6. The van der Waals surface area contributed by atoms with Crippen LogP contribution < -0.4 is 33.6 Å². The van der Waals surface area contributed by atoms with E-state index in [1.165, 1.54) is 4.90 Å². The molecule has 14 nitrogen and oxygen atoms in total. The maximum atomic E-state index is 13.6. The Kier molecular flexibility index (Phi) is 11.5. The number of hydrogen-bond donors (Lipinski definition) is 7. The number of carboxylic acids is 1. The van der Waals surface area contributed by atoms with Gasteiger partial charge in [0.1, 0.15) is 18.1 Å². The average Bonchev–Trinajstić information content (AvgIpc) is 3.35. The Balaban J connectivity index is 2.16. The highest BCUT2D eigenvalue weighted by Gasteiger charge is 2.39. The molecule has 38 heavy (non-hydrogen) atoms. The third-order valence-corrected chi connectivity index (χ3v) is 6.06. The molecule has 1 aromatic carbocycles. The smallest absolute Gasteiger partial charge is 0.326 e. The van der Waals surface area contributed by atoms with Gasteiger partial charge in [-0.15, -0.1) is 0 Å². The van der Waals surface area contributed by atoms with E-state index in [-0.39, 0.29) is 31.8 Å². The zero-order chi connectivity index (χ0) is 28.2. The molecule has 0 aromatic heterocycles. The molecule has 2 rings (SSSR count). The number of carboxylic acid groups (broad SMARTS) is 1. The van der Waals surface area contributed by atoms with Crippen molar-refractivity contribution in [2.24, 2.45) is 27.9 Å². The lowest BCUT2D eigenvalue weighted by Crippen LogP contribution is -2.57. The number of guanidine groups is 1. The van der Waals surface area contributed by atoms with Crippen LogP contribution in [0.1, 0.15) is 37.7 Å². The predicted octanol–water partition coefficient (Wildman–Crippen LogP) is -2.47. The number of amides is 4. The number of hydrogen-bond acceptors (Lipinski definition) is 7. The van der Waals surface area contributed by atoms with Crippen LogP contribution in [0.15, 0.2) is 35.3 Å². The number of carbonyl (C=O) groups excluding carboxylic acids is 4. The molecule has 11 N–H and O–H groups in total. The van der Waals surface area contributed by atoms with E-state index in [2.05, 4.69) is 15.6 Å². The lowest BCUT2D eigenvalue weighted by molar-refractivity contribution is -0.145. The van der Waals surface area contributed by atoms with Crippen molar-refractivity contribution in [3.63, 3.8) is 0 Å². The topological polar surface area (TPSA) is 249 Å². The first-order valence-electron chi connectivity index (χ1n) is 12.3. The van der Waals surface area contributed by atoms with Crippen LogP contribution in [0.2, 0.25) is 0 Å². The molecule has 4 amide bonds. The van der Waals surface area contributed by atoms with Gasteiger partial charge in [0.2, 0.25) is 23.6 Å². The van der Waals surface area contributed by atoms with Crippen molar-refractivity contribution in [1.82, 2.24) is 15.5 Å². The van der Waals surface area contributed by atoms with Crippen LogP contribution in [0.4, 0.5) is 0 Å². The molecule has 0 spiro atoms. The van der Waals surface area contributed by atoms with Gasteiger partial charge in [-0.2, -0.15) is 0 Å². The fraction of sp³-hybridized carbons (Fsp3) is 0.500. The SMILES string of the molecule is NC(=O)CC(NC(=O)C1CCCN1C(=O)C(Cc1ccccc1)NC(=O)C(N)CCCN=C(N)N)C(=O)O. The van der Waals surface area contributed by atoms with Gasteiger partial charge in [-0.25, -0.2) is 4.79 Å². The number of aliphatic carboxylic acids is 1. The summed E-state index contributed by atoms with van der Waals surface area (Å²) in [6.07, 6.45) is 1.07. The maximum absolute atomic E-state index is 13.6. The van der Waals surface area contributed by atoms with Crippen LogP contribution in [-0.4, -0.2) is 82.8 Å². The van der Waals surface area contributed by atoms with Crippen molar-refractivity contribution in [3.05, 3.63) is 35.9 Å². The van der Waals surface area contributed by atoms with Crippen LogP contribution >= 0.6 is 0 Å². The van der Waals surface area contributed by atoms with Crippen LogP contribution in [-0.2, 0) is 30.4 Å². The molecule has 14 heteroatoms. The van der Waals surface area contributed by atoms with E-state index in [1.807, 2.05) is 6.07 Å². The third kappa shape index (κ3) is 9.35. The van der Waals surface area contributed by atoms with Crippen molar-refractivity contribution in [1.29, 1.82) is 0 Å². The Morgan fingerprint density at radius 3 is 2.34 bits per heavy atom. The predicted molar refractivity (Wildman–Crippen MR) is 138 cm³/mol. The summed E-state index contributed by atoms with van der Waals surface area (Å²) in [4.78, 5) is 67.2. The second-order valence-electron chi connectivity index (χ2n) is 9.07. The van der Waals surface area contributed by atoms with Gasteiger partial charge in [-0.05, 0) is 31.2 Å². The minimum absolute atomic E-state index is 0.0648. The maximum Gasteiger partial charge on any atom is 0.326 e. The Morgan fingerprint density at radius 2 is 1.74 bits per heavy atom. The second-order valence-corrected chi connectivity index (χ2v) is 9.07. The molecule has 1 aliphatic rings. The quantitative estimate of drug-likeness (QED) is 0.0760. The molecule has 4 unspecified atom stereocenters. The highest BCUT2D eigenvalue weighted by molar-refractivity contribution is 5.95. The molecule has 4 atom stereocenters. The van der Waals surface area contributed by atoms with E-state index >= 15 is 0 Å². The van der Waals surface area contributed by atoms with Gasteiger partial charge >= 0.3 is 5.97 Å². The fourth-order valence-electron chi connectivity index (χ4n) is 4.15. The molecule has 1 saturated heterocycles. The van der Waals surface area contributed by atoms with Gasteiger partial charge in [-0.3, -0.25) is 24.2 Å². The summed E-state index contributed by atoms with van der Waals surface area (Å²) in [5.41, 5.74) is 22.5. The van der Waals surface area contributed by atoms with Crippen LogP contribution in [0.5, 0.6) is 0 Å². The number of benzene rings is 1. The van der Waals surface area contributed by atoms with Gasteiger partial charge in [0.05, 0.1) is 12.5 Å². The zero-order valence-electron chi connectivity index (χ0n) is 21.0. The van der Waals surface area contributed by atoms with Crippen molar-refractivity contribution in [2.75, 3.05) is 13.1 Å². The highest BCUT2D eigenvalue weighted by atomic mass is 16.4. The molecule has 208 valence electrons. The molecular weight excluding hydrogens is 496 g/mol. The summed E-state index contributed by atoms with van der Waals surface area (Å²) >= 11 is 0. The lowest BCUT2D eigenvalue weighted by Gasteiger charge is -2.30. The number of aliphatic imine (C=N–C) groups is 1. The van der Waals surface area contributed by atoms with Gasteiger partial charge in [0.25, 0.3) is 0 Å². The van der Waals surface area contributed by atoms with Crippen molar-refractivity contribution >= 4 is 35.6 Å². The highest BCUT2D eigenvalue weighted by Crippen LogP contribution is 2.20. The van der Waals surface area contributed by atoms with Crippen molar-refractivity contribution in [3.8, 4) is 0 Å². The number of carbonyl (C=O) groups is 5. The average molecular weight is 533 g/mol. The number of rotatable bonds is 14. The summed E-state index contributed by atoms with van der Waals surface area (Å²) in [6.45, 7) is 0.531. The number of primary amides is 1. The minimum Gasteiger partial charge on any atom is -0.480 e. The third-order valence-electron chi connectivity index (χ3n) is 6.06. The van der Waals surface area contributed by atoms with Gasteiger partial charge in [-0.1, -0.05) is 30.3 Å². The van der Waals surface area contributed by atoms with Crippen LogP contribution in [0, 0.1) is 0 Å². The number of likely N-dealkylation sites (tertiary alicyclic amines) is 1. The number of nitrogens with one attached hydrogen (secondary N) is 2. The van der Waals surface area contributed by atoms with Crippen LogP contribution in [0.3, 0.4) is 0 Å². The summed E-state index contributed by atoms with van der Waals surface area (Å²) in [7, 11) is 0. The Morgan fingerprint density at radius 1 is 1.05 bits per heavy atom. The molecule has 1 aromatic rings. The first-order valence-corrected chi connectivity index (χ1v) is 12.3. The molecule has 0 bridgehead atoms. The van der Waals surface area contributed by atoms with Crippen LogP contribution in [0.25, 0.3) is 0 Å². The van der Waals surface area contributed by atoms with Gasteiger partial charge in [0, 0.05) is 19.5 Å². The van der Waals surface area contributed by atoms with E-state index < -0.39 is 60.2 Å². The molecule has 0 radical (unpaired) electrons. The van der Waals surface area contributed by atoms with Crippen molar-refractivity contribution in [2.45, 2.75) is 62.7 Å². The normalized spacial score (nSPS) is 17.1. The summed E-state index contributed by atoms with van der Waals surface area (Å²) in [5.74, 6) is -4.14. The first kappa shape index (κ1) is 30.0. The standard InChI is InChI=1S/C24H36N8O6/c25-15(8-4-10-29-24(27)28)20(34)30-16(12-14-6-2-1-3-7-14)22(36)32-11-5-9-18(32)21(35)31-17(23(37)38)13-19(26)33/h1-3,6-7,15-18H,4-5,8-13,25H2,(H2,26,33)(H,30,34)(H,31,35)(H,37,38)(H4,27,28,29). The van der Waals surface area contributed by atoms with E-state index in [1.54, 1.807) is 24.3 Å². The fourth-order valence-corrected chi connectivity index (χ4v) is 4.15. The van der Waals surface area contributed by atoms with Gasteiger partial charge < -0.3 is 43.6 Å². The summed E-state index contributed by atoms with van der Waals surface area (Å²) in [5, 5.41) is 14.3. The van der Waals surface area contributed by atoms with E-state index in [0.29, 0.717) is 19.4 Å². The largest absolute Gasteiger partial charge is 0.480 e. The summed E-state index contributed by atoms with van der Waals surface area (Å²) in [6, 6.07) is 4.58.